The van der Waals surface area contributed by atoms with Gasteiger partial charge in [-0.25, -0.2) is 4.98 Å². The van der Waals surface area contributed by atoms with Crippen molar-refractivity contribution in [3.63, 3.8) is 0 Å². The van der Waals surface area contributed by atoms with E-state index in [0.717, 1.165) is 36.8 Å². The highest BCUT2D eigenvalue weighted by Crippen LogP contribution is 2.67. The molecule has 1 aromatic rings. The summed E-state index contributed by atoms with van der Waals surface area (Å²) < 4.78 is 5.31. The minimum Gasteiger partial charge on any atom is -0.451 e. The minimum atomic E-state index is -0.126. The van der Waals surface area contributed by atoms with Gasteiger partial charge in [0.1, 0.15) is 12.0 Å². The van der Waals surface area contributed by atoms with Crippen LogP contribution in [0, 0.1) is 34.5 Å². The molecule has 0 saturated heterocycles. The normalized spacial score (nSPS) is 46.1. The number of fused-ring (bicyclic) bond motifs is 5. The van der Waals surface area contributed by atoms with E-state index < -0.39 is 0 Å². The van der Waals surface area contributed by atoms with Gasteiger partial charge in [0, 0.05) is 0 Å². The maximum absolute atomic E-state index is 10.3. The van der Waals surface area contributed by atoms with Crippen molar-refractivity contribution in [1.82, 2.24) is 4.98 Å². The van der Waals surface area contributed by atoms with Crippen molar-refractivity contribution in [3.05, 3.63) is 36.1 Å². The van der Waals surface area contributed by atoms with E-state index in [2.05, 4.69) is 37.9 Å². The number of hydrogen-bond acceptors (Lipinski definition) is 3. The van der Waals surface area contributed by atoms with Crippen molar-refractivity contribution >= 4 is 5.57 Å². The van der Waals surface area contributed by atoms with E-state index in [1.54, 1.807) is 12.0 Å². The Hall–Kier alpha value is -1.35. The smallest absolute Gasteiger partial charge is 0.181 e. The fourth-order valence-electron chi connectivity index (χ4n) is 7.51. The SMILES string of the molecule is CCC1C=C2CC(O)CC[C@]2(C)[C@@H]2CC[C@]3(C)C(c4cocn4)=CC[C@H]3[C@H]12. The van der Waals surface area contributed by atoms with E-state index in [1.165, 1.54) is 31.3 Å². The molecular formula is C24H33NO2. The Morgan fingerprint density at radius 1 is 1.19 bits per heavy atom. The molecule has 146 valence electrons. The quantitative estimate of drug-likeness (QED) is 0.689. The van der Waals surface area contributed by atoms with Gasteiger partial charge in [-0.2, -0.15) is 0 Å². The Morgan fingerprint density at radius 3 is 2.74 bits per heavy atom. The van der Waals surface area contributed by atoms with Gasteiger partial charge >= 0.3 is 0 Å². The number of hydrogen-bond donors (Lipinski definition) is 1. The van der Waals surface area contributed by atoms with E-state index in [1.807, 2.05) is 6.26 Å². The molecule has 0 aromatic carbocycles. The molecular weight excluding hydrogens is 334 g/mol. The van der Waals surface area contributed by atoms with Crippen LogP contribution in [0.2, 0.25) is 0 Å². The Balaban J connectivity index is 1.54. The predicted molar refractivity (Wildman–Crippen MR) is 107 cm³/mol. The summed E-state index contributed by atoms with van der Waals surface area (Å²) in [7, 11) is 0. The van der Waals surface area contributed by atoms with Gasteiger partial charge in [-0.15, -0.1) is 0 Å². The second kappa shape index (κ2) is 6.07. The number of oxazole rings is 1. The highest BCUT2D eigenvalue weighted by molar-refractivity contribution is 5.70. The summed E-state index contributed by atoms with van der Waals surface area (Å²) in [6, 6.07) is 0. The average Bonchev–Trinajstić information content (AvgIpc) is 3.28. The van der Waals surface area contributed by atoms with Crippen LogP contribution in [0.1, 0.15) is 71.4 Å². The van der Waals surface area contributed by atoms with Crippen molar-refractivity contribution in [2.24, 2.45) is 34.5 Å². The van der Waals surface area contributed by atoms with Crippen LogP contribution < -0.4 is 0 Å². The van der Waals surface area contributed by atoms with Crippen molar-refractivity contribution in [2.75, 3.05) is 0 Å². The summed E-state index contributed by atoms with van der Waals surface area (Å²) in [5.41, 5.74) is 4.56. The van der Waals surface area contributed by atoms with Crippen LogP contribution in [-0.2, 0) is 0 Å². The molecule has 1 N–H and O–H groups in total. The van der Waals surface area contributed by atoms with Crippen LogP contribution in [0.3, 0.4) is 0 Å². The molecule has 4 aliphatic carbocycles. The molecule has 2 unspecified atom stereocenters. The third kappa shape index (κ3) is 2.40. The van der Waals surface area contributed by atoms with E-state index in [9.17, 15) is 5.11 Å². The Labute approximate surface area is 163 Å². The van der Waals surface area contributed by atoms with Crippen molar-refractivity contribution in [3.8, 4) is 0 Å². The van der Waals surface area contributed by atoms with E-state index in [0.29, 0.717) is 17.3 Å². The minimum absolute atomic E-state index is 0.126. The van der Waals surface area contributed by atoms with Crippen LogP contribution >= 0.6 is 0 Å². The molecule has 4 aliphatic rings. The largest absolute Gasteiger partial charge is 0.451 e. The first-order valence-electron chi connectivity index (χ1n) is 11.0. The summed E-state index contributed by atoms with van der Waals surface area (Å²) in [5, 5.41) is 10.3. The molecule has 1 heterocycles. The van der Waals surface area contributed by atoms with Crippen LogP contribution in [0.4, 0.5) is 0 Å². The van der Waals surface area contributed by atoms with E-state index in [4.69, 9.17) is 4.42 Å². The van der Waals surface area contributed by atoms with E-state index in [-0.39, 0.29) is 11.5 Å². The van der Waals surface area contributed by atoms with Crippen LogP contribution in [-0.4, -0.2) is 16.2 Å². The number of aliphatic hydroxyl groups excluding tert-OH is 1. The molecule has 7 atom stereocenters. The maximum atomic E-state index is 10.3. The Morgan fingerprint density at radius 2 is 2.00 bits per heavy atom. The van der Waals surface area contributed by atoms with Crippen molar-refractivity contribution < 1.29 is 9.52 Å². The summed E-state index contributed by atoms with van der Waals surface area (Å²) in [5.74, 6) is 2.86. The zero-order valence-electron chi connectivity index (χ0n) is 16.9. The van der Waals surface area contributed by atoms with Crippen LogP contribution in [0.15, 0.2) is 34.8 Å². The zero-order chi connectivity index (χ0) is 18.8. The Kier molecular flexibility index (Phi) is 3.99. The lowest BCUT2D eigenvalue weighted by Crippen LogP contribution is -2.52. The molecule has 2 saturated carbocycles. The monoisotopic (exact) mass is 367 g/mol. The van der Waals surface area contributed by atoms with Gasteiger partial charge in [0.25, 0.3) is 0 Å². The number of rotatable bonds is 2. The maximum Gasteiger partial charge on any atom is 0.181 e. The van der Waals surface area contributed by atoms with E-state index >= 15 is 0 Å². The van der Waals surface area contributed by atoms with Gasteiger partial charge in [-0.05, 0) is 85.0 Å². The molecule has 1 aromatic heterocycles. The summed E-state index contributed by atoms with van der Waals surface area (Å²) >= 11 is 0. The third-order valence-corrected chi connectivity index (χ3v) is 9.01. The molecule has 27 heavy (non-hydrogen) atoms. The number of nitrogens with zero attached hydrogens (tertiary/aromatic N) is 1. The molecule has 0 spiro atoms. The lowest BCUT2D eigenvalue weighted by Gasteiger charge is -2.59. The summed E-state index contributed by atoms with van der Waals surface area (Å²) in [6.07, 6.45) is 16.3. The topological polar surface area (TPSA) is 46.3 Å². The van der Waals surface area contributed by atoms with Gasteiger partial charge in [0.05, 0.1) is 6.10 Å². The molecule has 3 heteroatoms. The Bertz CT molecular complexity index is 778. The lowest BCUT2D eigenvalue weighted by molar-refractivity contribution is -0.0465. The fourth-order valence-corrected chi connectivity index (χ4v) is 7.51. The first-order chi connectivity index (χ1) is 13.0. The van der Waals surface area contributed by atoms with Gasteiger partial charge in [0.2, 0.25) is 0 Å². The molecule has 0 aliphatic heterocycles. The standard InChI is InChI=1S/C24H33NO2/c1-4-15-11-16-12-17(26)7-9-23(16,2)20-8-10-24(3)18(21-13-27-14-25-21)5-6-19(24)22(15)20/h5,11,13-15,17,19-20,22,26H,4,6-10,12H2,1-3H3/t15?,17?,19-,20+,22-,23-,24+/m0/s1. The first kappa shape index (κ1) is 17.7. The molecule has 2 fully saturated rings. The van der Waals surface area contributed by atoms with Crippen LogP contribution in [0.25, 0.3) is 5.57 Å². The number of aliphatic hydroxyl groups is 1. The van der Waals surface area contributed by atoms with Gasteiger partial charge in [-0.1, -0.05) is 38.5 Å². The zero-order valence-corrected chi connectivity index (χ0v) is 16.9. The highest BCUT2D eigenvalue weighted by Gasteiger charge is 2.59. The van der Waals surface area contributed by atoms with Gasteiger partial charge in [0.15, 0.2) is 6.39 Å². The van der Waals surface area contributed by atoms with Gasteiger partial charge in [-0.3, -0.25) is 0 Å². The fraction of sp³-hybridized carbons (Fsp3) is 0.708. The second-order valence-electron chi connectivity index (χ2n) is 10.1. The number of aromatic nitrogens is 1. The molecule has 0 radical (unpaired) electrons. The van der Waals surface area contributed by atoms with Gasteiger partial charge < -0.3 is 9.52 Å². The molecule has 5 rings (SSSR count). The predicted octanol–water partition coefficient (Wildman–Crippen LogP) is 5.63. The molecule has 0 bridgehead atoms. The summed E-state index contributed by atoms with van der Waals surface area (Å²) in [6.45, 7) is 7.35. The average molecular weight is 368 g/mol. The van der Waals surface area contributed by atoms with Crippen LogP contribution in [0.5, 0.6) is 0 Å². The lowest BCUT2D eigenvalue weighted by atomic mass is 9.45. The molecule has 3 nitrogen and oxygen atoms in total. The third-order valence-electron chi connectivity index (χ3n) is 9.01. The van der Waals surface area contributed by atoms with Crippen molar-refractivity contribution in [2.45, 2.75) is 71.8 Å². The molecule has 0 amide bonds. The highest BCUT2D eigenvalue weighted by atomic mass is 16.3. The van der Waals surface area contributed by atoms with Crippen molar-refractivity contribution in [1.29, 1.82) is 0 Å². The second-order valence-corrected chi connectivity index (χ2v) is 10.1. The first-order valence-corrected chi connectivity index (χ1v) is 11.0. The number of allylic oxidation sites excluding steroid dienone is 3. The summed E-state index contributed by atoms with van der Waals surface area (Å²) in [4.78, 5) is 4.49.